The van der Waals surface area contributed by atoms with Crippen LogP contribution in [0.15, 0.2) is 17.5 Å². The molecule has 100 valence electrons. The lowest BCUT2D eigenvalue weighted by molar-refractivity contribution is -0.0104. The highest BCUT2D eigenvalue weighted by Gasteiger charge is 2.25. The molecule has 2 heterocycles. The van der Waals surface area contributed by atoms with Crippen LogP contribution in [0.25, 0.3) is 0 Å². The van der Waals surface area contributed by atoms with E-state index in [1.54, 1.807) is 0 Å². The lowest BCUT2D eigenvalue weighted by Gasteiger charge is -2.35. The first-order chi connectivity index (χ1) is 8.81. The lowest BCUT2D eigenvalue weighted by atomic mass is 10.1. The highest BCUT2D eigenvalue weighted by atomic mass is 32.1. The molecule has 1 saturated heterocycles. The van der Waals surface area contributed by atoms with E-state index in [0.717, 1.165) is 31.0 Å². The van der Waals surface area contributed by atoms with Crippen LogP contribution in [0.1, 0.15) is 22.5 Å². The van der Waals surface area contributed by atoms with Gasteiger partial charge in [-0.25, -0.2) is 0 Å². The molecule has 0 aromatic carbocycles. The van der Waals surface area contributed by atoms with Gasteiger partial charge >= 0.3 is 0 Å². The first-order valence-electron chi connectivity index (χ1n) is 6.30. The van der Waals surface area contributed by atoms with Crippen LogP contribution in [0.4, 0.5) is 0 Å². The molecule has 0 unspecified atom stereocenters. The van der Waals surface area contributed by atoms with Crippen molar-refractivity contribution in [3.8, 4) is 0 Å². The van der Waals surface area contributed by atoms with E-state index < -0.39 is 0 Å². The third kappa shape index (κ3) is 3.62. The van der Waals surface area contributed by atoms with Crippen molar-refractivity contribution in [2.75, 3.05) is 32.9 Å². The molecule has 1 aliphatic rings. The Kier molecular flexibility index (Phi) is 5.31. The van der Waals surface area contributed by atoms with Gasteiger partial charge in [-0.15, -0.1) is 11.3 Å². The number of aliphatic hydroxyl groups excluding tert-OH is 1. The van der Waals surface area contributed by atoms with Crippen molar-refractivity contribution in [1.82, 2.24) is 4.90 Å². The van der Waals surface area contributed by atoms with Gasteiger partial charge in [0.05, 0.1) is 18.1 Å². The average molecular weight is 269 g/mol. The van der Waals surface area contributed by atoms with Crippen LogP contribution in [0.2, 0.25) is 0 Å². The normalized spacial score (nSPS) is 21.1. The van der Waals surface area contributed by atoms with Gasteiger partial charge in [-0.2, -0.15) is 0 Å². The smallest absolute Gasteiger partial charge is 0.174 e. The third-order valence-corrected chi connectivity index (χ3v) is 4.08. The predicted octanol–water partition coefficient (Wildman–Crippen LogP) is 1.40. The fourth-order valence-electron chi connectivity index (χ4n) is 2.20. The SMILES string of the molecule is O=C(C[C@@H]1COCCN1CCCO)c1cccs1. The molecule has 1 atom stereocenters. The zero-order chi connectivity index (χ0) is 12.8. The number of ether oxygens (including phenoxy) is 1. The maximum Gasteiger partial charge on any atom is 0.174 e. The molecule has 2 rings (SSSR count). The maximum absolute atomic E-state index is 12.1. The summed E-state index contributed by atoms with van der Waals surface area (Å²) in [6.45, 7) is 3.21. The molecule has 0 aliphatic carbocycles. The van der Waals surface area contributed by atoms with Crippen molar-refractivity contribution in [3.63, 3.8) is 0 Å². The molecule has 0 amide bonds. The molecule has 18 heavy (non-hydrogen) atoms. The number of rotatable bonds is 6. The van der Waals surface area contributed by atoms with E-state index in [4.69, 9.17) is 9.84 Å². The molecule has 4 nitrogen and oxygen atoms in total. The fraction of sp³-hybridized carbons (Fsp3) is 0.615. The zero-order valence-electron chi connectivity index (χ0n) is 10.4. The highest BCUT2D eigenvalue weighted by Crippen LogP contribution is 2.17. The first-order valence-corrected chi connectivity index (χ1v) is 7.18. The highest BCUT2D eigenvalue weighted by molar-refractivity contribution is 7.12. The van der Waals surface area contributed by atoms with Gasteiger partial charge in [0.15, 0.2) is 5.78 Å². The Morgan fingerprint density at radius 1 is 1.61 bits per heavy atom. The second kappa shape index (κ2) is 6.99. The van der Waals surface area contributed by atoms with Crippen molar-refractivity contribution in [1.29, 1.82) is 0 Å². The summed E-state index contributed by atoms with van der Waals surface area (Å²) in [4.78, 5) is 15.1. The molecule has 0 spiro atoms. The predicted molar refractivity (Wildman–Crippen MR) is 71.1 cm³/mol. The van der Waals surface area contributed by atoms with Crippen LogP contribution in [0.3, 0.4) is 0 Å². The third-order valence-electron chi connectivity index (χ3n) is 3.17. The number of Topliss-reactive ketones (excluding diaryl/α,β-unsaturated/α-hetero) is 1. The van der Waals surface area contributed by atoms with Crippen LogP contribution in [-0.4, -0.2) is 54.7 Å². The Morgan fingerprint density at radius 3 is 3.22 bits per heavy atom. The molecule has 0 saturated carbocycles. The second-order valence-corrected chi connectivity index (χ2v) is 5.39. The molecule has 1 fully saturated rings. The number of nitrogens with zero attached hydrogens (tertiary/aromatic N) is 1. The number of morpholine rings is 1. The number of aliphatic hydroxyl groups is 1. The Morgan fingerprint density at radius 2 is 2.50 bits per heavy atom. The maximum atomic E-state index is 12.1. The van der Waals surface area contributed by atoms with Crippen molar-refractivity contribution >= 4 is 17.1 Å². The number of hydrogen-bond donors (Lipinski definition) is 1. The Bertz CT molecular complexity index is 366. The van der Waals surface area contributed by atoms with E-state index in [2.05, 4.69) is 4.90 Å². The van der Waals surface area contributed by atoms with Gasteiger partial charge in [-0.05, 0) is 17.9 Å². The summed E-state index contributed by atoms with van der Waals surface area (Å²) < 4.78 is 5.46. The minimum atomic E-state index is 0.153. The summed E-state index contributed by atoms with van der Waals surface area (Å²) in [5.41, 5.74) is 0. The van der Waals surface area contributed by atoms with Gasteiger partial charge in [0.2, 0.25) is 0 Å². The van der Waals surface area contributed by atoms with Crippen LogP contribution in [0, 0.1) is 0 Å². The van der Waals surface area contributed by atoms with Crippen LogP contribution >= 0.6 is 11.3 Å². The van der Waals surface area contributed by atoms with E-state index in [-0.39, 0.29) is 18.4 Å². The van der Waals surface area contributed by atoms with Gasteiger partial charge in [0.25, 0.3) is 0 Å². The summed E-state index contributed by atoms with van der Waals surface area (Å²) >= 11 is 1.49. The molecule has 1 N–H and O–H groups in total. The molecule has 1 aliphatic heterocycles. The Balaban J connectivity index is 1.90. The van der Waals surface area contributed by atoms with Crippen molar-refractivity contribution in [2.24, 2.45) is 0 Å². The largest absolute Gasteiger partial charge is 0.396 e. The van der Waals surface area contributed by atoms with E-state index in [1.165, 1.54) is 11.3 Å². The quantitative estimate of drug-likeness (QED) is 0.793. The van der Waals surface area contributed by atoms with Crippen LogP contribution in [0.5, 0.6) is 0 Å². The van der Waals surface area contributed by atoms with Crippen molar-refractivity contribution in [3.05, 3.63) is 22.4 Å². The van der Waals surface area contributed by atoms with E-state index in [0.29, 0.717) is 13.0 Å². The summed E-state index contributed by atoms with van der Waals surface area (Å²) in [6, 6.07) is 3.92. The van der Waals surface area contributed by atoms with Crippen LogP contribution in [-0.2, 0) is 4.74 Å². The monoisotopic (exact) mass is 269 g/mol. The zero-order valence-corrected chi connectivity index (χ0v) is 11.2. The summed E-state index contributed by atoms with van der Waals surface area (Å²) in [5, 5.41) is 10.8. The number of thiophene rings is 1. The summed E-state index contributed by atoms with van der Waals surface area (Å²) in [5.74, 6) is 0.189. The molecule has 0 bridgehead atoms. The van der Waals surface area contributed by atoms with Gasteiger partial charge in [-0.1, -0.05) is 6.07 Å². The first kappa shape index (κ1) is 13.7. The van der Waals surface area contributed by atoms with Crippen LogP contribution < -0.4 is 0 Å². The lowest BCUT2D eigenvalue weighted by Crippen LogP contribution is -2.46. The Labute approximate surface area is 111 Å². The number of carbonyl (C=O) groups excluding carboxylic acids is 1. The molecule has 5 heteroatoms. The van der Waals surface area contributed by atoms with Gasteiger partial charge in [0.1, 0.15) is 0 Å². The van der Waals surface area contributed by atoms with E-state index >= 15 is 0 Å². The molecular formula is C13H19NO3S. The topological polar surface area (TPSA) is 49.8 Å². The van der Waals surface area contributed by atoms with E-state index in [9.17, 15) is 4.79 Å². The standard InChI is InChI=1S/C13H19NO3S/c15-6-2-4-14-5-7-17-10-11(14)9-12(16)13-3-1-8-18-13/h1,3,8,11,15H,2,4-7,9-10H2/t11-/m1/s1. The number of ketones is 1. The Hall–Kier alpha value is -0.750. The van der Waals surface area contributed by atoms with Crippen molar-refractivity contribution in [2.45, 2.75) is 18.9 Å². The minimum Gasteiger partial charge on any atom is -0.396 e. The molecule has 1 aromatic heterocycles. The average Bonchev–Trinajstić information content (AvgIpc) is 2.91. The second-order valence-electron chi connectivity index (χ2n) is 4.45. The fourth-order valence-corrected chi connectivity index (χ4v) is 2.87. The number of carbonyl (C=O) groups is 1. The molecule has 1 aromatic rings. The minimum absolute atomic E-state index is 0.153. The van der Waals surface area contributed by atoms with Gasteiger partial charge in [0, 0.05) is 32.2 Å². The van der Waals surface area contributed by atoms with Crippen molar-refractivity contribution < 1.29 is 14.6 Å². The molecule has 0 radical (unpaired) electrons. The summed E-state index contributed by atoms with van der Waals surface area (Å²) in [6.07, 6.45) is 1.26. The van der Waals surface area contributed by atoms with Gasteiger partial charge < -0.3 is 9.84 Å². The number of hydrogen-bond acceptors (Lipinski definition) is 5. The summed E-state index contributed by atoms with van der Waals surface area (Å²) in [7, 11) is 0. The van der Waals surface area contributed by atoms with E-state index in [1.807, 2.05) is 17.5 Å². The van der Waals surface area contributed by atoms with Gasteiger partial charge in [-0.3, -0.25) is 9.69 Å². The molecular weight excluding hydrogens is 250 g/mol.